The van der Waals surface area contributed by atoms with Crippen LogP contribution in [-0.4, -0.2) is 21.0 Å². The standard InChI is InChI=1S/C8H10N2O/c1-7(11)3-4-8-5-9-10(2)6-8/h5-7,11H,1-2H3/t7-/m1/s1. The van der Waals surface area contributed by atoms with Crippen molar-refractivity contribution in [2.24, 2.45) is 7.05 Å². The van der Waals surface area contributed by atoms with Gasteiger partial charge in [-0.25, -0.2) is 0 Å². The summed E-state index contributed by atoms with van der Waals surface area (Å²) < 4.78 is 1.67. The first-order chi connectivity index (χ1) is 5.18. The second-order valence-corrected chi connectivity index (χ2v) is 2.35. The van der Waals surface area contributed by atoms with Gasteiger partial charge in [-0.2, -0.15) is 5.10 Å². The van der Waals surface area contributed by atoms with E-state index in [1.54, 1.807) is 24.0 Å². The SMILES string of the molecule is C[C@@H](O)C#Cc1cnn(C)c1. The molecule has 1 atom stereocenters. The normalized spacial score (nSPS) is 11.9. The largest absolute Gasteiger partial charge is 0.381 e. The zero-order valence-electron chi connectivity index (χ0n) is 6.57. The highest BCUT2D eigenvalue weighted by molar-refractivity contribution is 5.30. The van der Waals surface area contributed by atoms with Crippen molar-refractivity contribution in [2.45, 2.75) is 13.0 Å². The van der Waals surface area contributed by atoms with Crippen molar-refractivity contribution in [3.8, 4) is 11.8 Å². The summed E-state index contributed by atoms with van der Waals surface area (Å²) in [6, 6.07) is 0. The van der Waals surface area contributed by atoms with Crippen molar-refractivity contribution < 1.29 is 5.11 Å². The Balaban J connectivity index is 2.74. The number of aliphatic hydroxyl groups is 1. The molecule has 1 N–H and O–H groups in total. The van der Waals surface area contributed by atoms with E-state index in [0.717, 1.165) is 5.56 Å². The van der Waals surface area contributed by atoms with Gasteiger partial charge in [-0.05, 0) is 6.92 Å². The fraction of sp³-hybridized carbons (Fsp3) is 0.375. The number of nitrogens with zero attached hydrogens (tertiary/aromatic N) is 2. The molecule has 0 bridgehead atoms. The Morgan fingerprint density at radius 3 is 2.91 bits per heavy atom. The van der Waals surface area contributed by atoms with Gasteiger partial charge in [-0.15, -0.1) is 0 Å². The number of aliphatic hydroxyl groups excluding tert-OH is 1. The van der Waals surface area contributed by atoms with Crippen molar-refractivity contribution in [1.82, 2.24) is 9.78 Å². The second kappa shape index (κ2) is 3.22. The third kappa shape index (κ3) is 2.44. The summed E-state index contributed by atoms with van der Waals surface area (Å²) >= 11 is 0. The van der Waals surface area contributed by atoms with Gasteiger partial charge in [0.05, 0.1) is 11.8 Å². The molecule has 0 aliphatic carbocycles. The van der Waals surface area contributed by atoms with Gasteiger partial charge in [0.25, 0.3) is 0 Å². The number of aromatic nitrogens is 2. The third-order valence-corrected chi connectivity index (χ3v) is 1.13. The first kappa shape index (κ1) is 7.83. The van der Waals surface area contributed by atoms with Crippen molar-refractivity contribution in [3.63, 3.8) is 0 Å². The molecule has 0 aromatic carbocycles. The molecular formula is C8H10N2O. The van der Waals surface area contributed by atoms with Crippen LogP contribution in [0.15, 0.2) is 12.4 Å². The summed E-state index contributed by atoms with van der Waals surface area (Å²) in [6.45, 7) is 1.63. The maximum Gasteiger partial charge on any atom is 0.112 e. The first-order valence-electron chi connectivity index (χ1n) is 3.37. The summed E-state index contributed by atoms with van der Waals surface area (Å²) in [5.41, 5.74) is 0.827. The molecule has 0 amide bonds. The Kier molecular flexibility index (Phi) is 2.29. The summed E-state index contributed by atoms with van der Waals surface area (Å²) in [4.78, 5) is 0. The average Bonchev–Trinajstić information content (AvgIpc) is 2.31. The molecular weight excluding hydrogens is 140 g/mol. The monoisotopic (exact) mass is 150 g/mol. The van der Waals surface area contributed by atoms with Gasteiger partial charge in [-0.1, -0.05) is 11.8 Å². The van der Waals surface area contributed by atoms with Crippen LogP contribution in [0.5, 0.6) is 0 Å². The second-order valence-electron chi connectivity index (χ2n) is 2.35. The molecule has 0 aliphatic heterocycles. The van der Waals surface area contributed by atoms with Gasteiger partial charge in [0, 0.05) is 13.2 Å². The van der Waals surface area contributed by atoms with Gasteiger partial charge < -0.3 is 5.11 Å². The van der Waals surface area contributed by atoms with Crippen LogP contribution in [0.4, 0.5) is 0 Å². The Morgan fingerprint density at radius 2 is 2.45 bits per heavy atom. The van der Waals surface area contributed by atoms with Crippen LogP contribution in [0, 0.1) is 11.8 Å². The van der Waals surface area contributed by atoms with Crippen LogP contribution in [0.2, 0.25) is 0 Å². The fourth-order valence-corrected chi connectivity index (χ4v) is 0.674. The summed E-state index contributed by atoms with van der Waals surface area (Å²) in [7, 11) is 1.83. The molecule has 58 valence electrons. The van der Waals surface area contributed by atoms with Gasteiger partial charge in [0.2, 0.25) is 0 Å². The Bertz CT molecular complexity index is 291. The minimum atomic E-state index is -0.574. The Hall–Kier alpha value is -1.27. The van der Waals surface area contributed by atoms with Gasteiger partial charge in [-0.3, -0.25) is 4.68 Å². The molecule has 0 unspecified atom stereocenters. The topological polar surface area (TPSA) is 38.1 Å². The highest BCUT2D eigenvalue weighted by Gasteiger charge is 1.89. The highest BCUT2D eigenvalue weighted by Crippen LogP contribution is 1.92. The smallest absolute Gasteiger partial charge is 0.112 e. The molecule has 0 saturated carbocycles. The predicted octanol–water partition coefficient (Wildman–Crippen LogP) is 0.152. The quantitative estimate of drug-likeness (QED) is 0.535. The lowest BCUT2D eigenvalue weighted by Gasteiger charge is -1.85. The van der Waals surface area contributed by atoms with Crippen molar-refractivity contribution in [2.75, 3.05) is 0 Å². The molecule has 3 nitrogen and oxygen atoms in total. The molecule has 0 aliphatic rings. The maximum atomic E-state index is 8.82. The van der Waals surface area contributed by atoms with Gasteiger partial charge in [0.15, 0.2) is 0 Å². The van der Waals surface area contributed by atoms with E-state index in [0.29, 0.717) is 0 Å². The minimum absolute atomic E-state index is 0.574. The van der Waals surface area contributed by atoms with Crippen LogP contribution >= 0.6 is 0 Å². The van der Waals surface area contributed by atoms with Crippen molar-refractivity contribution in [1.29, 1.82) is 0 Å². The average molecular weight is 150 g/mol. The molecule has 11 heavy (non-hydrogen) atoms. The van der Waals surface area contributed by atoms with E-state index in [1.165, 1.54) is 0 Å². The van der Waals surface area contributed by atoms with E-state index in [1.807, 2.05) is 7.05 Å². The Labute approximate surface area is 65.7 Å². The van der Waals surface area contributed by atoms with Gasteiger partial charge >= 0.3 is 0 Å². The molecule has 1 heterocycles. The number of aryl methyl sites for hydroxylation is 1. The predicted molar refractivity (Wildman–Crippen MR) is 41.8 cm³/mol. The van der Waals surface area contributed by atoms with Crippen molar-refractivity contribution >= 4 is 0 Å². The first-order valence-corrected chi connectivity index (χ1v) is 3.37. The minimum Gasteiger partial charge on any atom is -0.381 e. The fourth-order valence-electron chi connectivity index (χ4n) is 0.674. The van der Waals surface area contributed by atoms with E-state index in [4.69, 9.17) is 5.11 Å². The molecule has 0 saturated heterocycles. The van der Waals surface area contributed by atoms with E-state index >= 15 is 0 Å². The van der Waals surface area contributed by atoms with Crippen LogP contribution < -0.4 is 0 Å². The Morgan fingerprint density at radius 1 is 1.73 bits per heavy atom. The lowest BCUT2D eigenvalue weighted by molar-refractivity contribution is 0.253. The third-order valence-electron chi connectivity index (χ3n) is 1.13. The lowest BCUT2D eigenvalue weighted by Crippen LogP contribution is -1.92. The highest BCUT2D eigenvalue weighted by atomic mass is 16.3. The van der Waals surface area contributed by atoms with E-state index < -0.39 is 6.10 Å². The van der Waals surface area contributed by atoms with Crippen LogP contribution in [0.1, 0.15) is 12.5 Å². The lowest BCUT2D eigenvalue weighted by atomic mass is 10.3. The van der Waals surface area contributed by atoms with Gasteiger partial charge in [0.1, 0.15) is 6.10 Å². The number of hydrogen-bond acceptors (Lipinski definition) is 2. The molecule has 1 aromatic heterocycles. The van der Waals surface area contributed by atoms with E-state index in [2.05, 4.69) is 16.9 Å². The number of hydrogen-bond donors (Lipinski definition) is 1. The zero-order valence-corrected chi connectivity index (χ0v) is 6.57. The summed E-state index contributed by atoms with van der Waals surface area (Å²) in [5.74, 6) is 5.41. The summed E-state index contributed by atoms with van der Waals surface area (Å²) in [5, 5.41) is 12.7. The van der Waals surface area contributed by atoms with E-state index in [9.17, 15) is 0 Å². The van der Waals surface area contributed by atoms with E-state index in [-0.39, 0.29) is 0 Å². The molecule has 0 fully saturated rings. The van der Waals surface area contributed by atoms with Crippen molar-refractivity contribution in [3.05, 3.63) is 18.0 Å². The van der Waals surface area contributed by atoms with Crippen LogP contribution in [-0.2, 0) is 7.05 Å². The molecule has 0 radical (unpaired) electrons. The molecule has 1 rings (SSSR count). The zero-order chi connectivity index (χ0) is 8.27. The maximum absolute atomic E-state index is 8.82. The molecule has 1 aromatic rings. The molecule has 3 heteroatoms. The van der Waals surface area contributed by atoms with Crippen LogP contribution in [0.25, 0.3) is 0 Å². The van der Waals surface area contributed by atoms with Crippen LogP contribution in [0.3, 0.4) is 0 Å². The molecule has 0 spiro atoms. The summed E-state index contributed by atoms with van der Waals surface area (Å²) in [6.07, 6.45) is 2.89. The number of rotatable bonds is 0.